The first-order valence-corrected chi connectivity index (χ1v) is 7.23. The number of rotatable bonds is 9. The summed E-state index contributed by atoms with van der Waals surface area (Å²) in [6.07, 6.45) is 1.52. The lowest BCUT2D eigenvalue weighted by molar-refractivity contribution is -0.386. The van der Waals surface area contributed by atoms with Gasteiger partial charge >= 0.3 is 5.69 Å². The standard InChI is InChI=1S/C15H24N2O4/c1-4-8-16-10-12-6-7-14(13(9-12)17(19)20)21-11-15(3,18)5-2/h6-7,9,16,18H,4-5,8,10-11H2,1-3H3. The summed E-state index contributed by atoms with van der Waals surface area (Å²) < 4.78 is 5.42. The minimum Gasteiger partial charge on any atom is -0.484 e. The van der Waals surface area contributed by atoms with Crippen molar-refractivity contribution < 1.29 is 14.8 Å². The summed E-state index contributed by atoms with van der Waals surface area (Å²) in [7, 11) is 0. The van der Waals surface area contributed by atoms with E-state index in [0.29, 0.717) is 13.0 Å². The van der Waals surface area contributed by atoms with Crippen molar-refractivity contribution in [2.45, 2.75) is 45.8 Å². The van der Waals surface area contributed by atoms with Gasteiger partial charge in [0.05, 0.1) is 10.5 Å². The molecule has 0 amide bonds. The van der Waals surface area contributed by atoms with E-state index in [1.165, 1.54) is 6.07 Å². The molecule has 6 nitrogen and oxygen atoms in total. The molecule has 6 heteroatoms. The minimum atomic E-state index is -0.991. The number of ether oxygens (including phenoxy) is 1. The fourth-order valence-electron chi connectivity index (χ4n) is 1.68. The first-order valence-electron chi connectivity index (χ1n) is 7.23. The number of nitro benzene ring substituents is 1. The zero-order chi connectivity index (χ0) is 15.9. The molecule has 0 aromatic heterocycles. The fraction of sp³-hybridized carbons (Fsp3) is 0.600. The van der Waals surface area contributed by atoms with E-state index < -0.39 is 10.5 Å². The van der Waals surface area contributed by atoms with Crippen LogP contribution in [0.25, 0.3) is 0 Å². The van der Waals surface area contributed by atoms with E-state index >= 15 is 0 Å². The normalized spacial score (nSPS) is 13.7. The molecule has 0 fully saturated rings. The number of hydrogen-bond donors (Lipinski definition) is 2. The second kappa shape index (κ2) is 7.95. The van der Waals surface area contributed by atoms with Crippen LogP contribution in [0.15, 0.2) is 18.2 Å². The van der Waals surface area contributed by atoms with Crippen LogP contribution >= 0.6 is 0 Å². The predicted molar refractivity (Wildman–Crippen MR) is 81.5 cm³/mol. The summed E-state index contributed by atoms with van der Waals surface area (Å²) in [5.41, 5.74) is -0.225. The molecular formula is C15H24N2O4. The maximum atomic E-state index is 11.1. The SMILES string of the molecule is CCCNCc1ccc(OCC(C)(O)CC)c([N+](=O)[O-])c1. The summed E-state index contributed by atoms with van der Waals surface area (Å²) in [4.78, 5) is 10.7. The second-order valence-corrected chi connectivity index (χ2v) is 5.38. The number of aliphatic hydroxyl groups is 1. The van der Waals surface area contributed by atoms with Crippen molar-refractivity contribution in [3.05, 3.63) is 33.9 Å². The van der Waals surface area contributed by atoms with Gasteiger partial charge in [-0.05, 0) is 37.9 Å². The molecule has 0 aliphatic rings. The monoisotopic (exact) mass is 296 g/mol. The van der Waals surface area contributed by atoms with Crippen LogP contribution < -0.4 is 10.1 Å². The maximum Gasteiger partial charge on any atom is 0.311 e. The quantitative estimate of drug-likeness (QED) is 0.416. The van der Waals surface area contributed by atoms with Gasteiger partial charge in [-0.15, -0.1) is 0 Å². The van der Waals surface area contributed by atoms with Crippen molar-refractivity contribution >= 4 is 5.69 Å². The van der Waals surface area contributed by atoms with Crippen LogP contribution in [0, 0.1) is 10.1 Å². The van der Waals surface area contributed by atoms with Crippen LogP contribution in [0.1, 0.15) is 39.2 Å². The van der Waals surface area contributed by atoms with Crippen LogP contribution in [-0.2, 0) is 6.54 Å². The van der Waals surface area contributed by atoms with E-state index in [2.05, 4.69) is 12.2 Å². The topological polar surface area (TPSA) is 84.6 Å². The Balaban J connectivity index is 2.82. The van der Waals surface area contributed by atoms with Gasteiger partial charge in [0, 0.05) is 12.6 Å². The van der Waals surface area contributed by atoms with Crippen LogP contribution in [0.2, 0.25) is 0 Å². The molecule has 0 heterocycles. The van der Waals surface area contributed by atoms with Crippen LogP contribution in [0.3, 0.4) is 0 Å². The molecule has 0 bridgehead atoms. The predicted octanol–water partition coefficient (Wildman–Crippen LogP) is 2.63. The smallest absolute Gasteiger partial charge is 0.311 e. The van der Waals surface area contributed by atoms with Crippen molar-refractivity contribution in [3.63, 3.8) is 0 Å². The molecule has 118 valence electrons. The molecule has 1 atom stereocenters. The van der Waals surface area contributed by atoms with Gasteiger partial charge in [-0.1, -0.05) is 19.9 Å². The molecule has 0 spiro atoms. The van der Waals surface area contributed by atoms with E-state index in [1.807, 2.05) is 6.92 Å². The Hall–Kier alpha value is -1.66. The van der Waals surface area contributed by atoms with E-state index in [1.54, 1.807) is 19.1 Å². The van der Waals surface area contributed by atoms with Crippen LogP contribution in [-0.4, -0.2) is 28.8 Å². The van der Waals surface area contributed by atoms with Gasteiger partial charge in [0.2, 0.25) is 0 Å². The number of nitrogens with one attached hydrogen (secondary N) is 1. The van der Waals surface area contributed by atoms with Gasteiger partial charge in [0.15, 0.2) is 5.75 Å². The maximum absolute atomic E-state index is 11.1. The zero-order valence-electron chi connectivity index (χ0n) is 12.9. The van der Waals surface area contributed by atoms with E-state index in [0.717, 1.165) is 18.5 Å². The molecule has 0 radical (unpaired) electrons. The average molecular weight is 296 g/mol. The molecule has 1 rings (SSSR count). The molecular weight excluding hydrogens is 272 g/mol. The van der Waals surface area contributed by atoms with E-state index in [9.17, 15) is 15.2 Å². The first kappa shape index (κ1) is 17.4. The van der Waals surface area contributed by atoms with Crippen molar-refractivity contribution in [3.8, 4) is 5.75 Å². The minimum absolute atomic E-state index is 0.0256. The third-order valence-electron chi connectivity index (χ3n) is 3.28. The summed E-state index contributed by atoms with van der Waals surface area (Å²) in [6.45, 7) is 7.01. The largest absolute Gasteiger partial charge is 0.484 e. The average Bonchev–Trinajstić information content (AvgIpc) is 2.46. The highest BCUT2D eigenvalue weighted by atomic mass is 16.6. The molecule has 2 N–H and O–H groups in total. The number of benzene rings is 1. The van der Waals surface area contributed by atoms with Crippen molar-refractivity contribution in [2.75, 3.05) is 13.2 Å². The fourth-order valence-corrected chi connectivity index (χ4v) is 1.68. The molecule has 0 aliphatic carbocycles. The molecule has 0 aliphatic heterocycles. The van der Waals surface area contributed by atoms with Crippen molar-refractivity contribution in [1.82, 2.24) is 5.32 Å². The number of nitro groups is 1. The van der Waals surface area contributed by atoms with Crippen LogP contribution in [0.4, 0.5) is 5.69 Å². The summed E-state index contributed by atoms with van der Waals surface area (Å²) in [5.74, 6) is 0.188. The third kappa shape index (κ3) is 5.69. The Morgan fingerprint density at radius 3 is 2.71 bits per heavy atom. The Morgan fingerprint density at radius 2 is 2.14 bits per heavy atom. The lowest BCUT2D eigenvalue weighted by Crippen LogP contribution is -2.31. The van der Waals surface area contributed by atoms with E-state index in [4.69, 9.17) is 4.74 Å². The molecule has 1 aromatic carbocycles. The van der Waals surface area contributed by atoms with Gasteiger partial charge in [-0.2, -0.15) is 0 Å². The second-order valence-electron chi connectivity index (χ2n) is 5.38. The molecule has 1 unspecified atom stereocenters. The number of hydrogen-bond acceptors (Lipinski definition) is 5. The van der Waals surface area contributed by atoms with Crippen LogP contribution in [0.5, 0.6) is 5.75 Å². The highest BCUT2D eigenvalue weighted by Crippen LogP contribution is 2.29. The van der Waals surface area contributed by atoms with Crippen molar-refractivity contribution in [2.24, 2.45) is 0 Å². The lowest BCUT2D eigenvalue weighted by Gasteiger charge is -2.21. The highest BCUT2D eigenvalue weighted by molar-refractivity contribution is 5.48. The zero-order valence-corrected chi connectivity index (χ0v) is 12.9. The lowest BCUT2D eigenvalue weighted by atomic mass is 10.1. The Bertz CT molecular complexity index is 475. The van der Waals surface area contributed by atoms with Crippen molar-refractivity contribution in [1.29, 1.82) is 0 Å². The van der Waals surface area contributed by atoms with Gasteiger partial charge in [-0.25, -0.2) is 0 Å². The van der Waals surface area contributed by atoms with E-state index in [-0.39, 0.29) is 18.0 Å². The highest BCUT2D eigenvalue weighted by Gasteiger charge is 2.22. The molecule has 21 heavy (non-hydrogen) atoms. The Morgan fingerprint density at radius 1 is 1.43 bits per heavy atom. The third-order valence-corrected chi connectivity index (χ3v) is 3.28. The van der Waals surface area contributed by atoms with Gasteiger partial charge in [-0.3, -0.25) is 10.1 Å². The first-order chi connectivity index (χ1) is 9.89. The molecule has 1 aromatic rings. The molecule has 0 saturated carbocycles. The summed E-state index contributed by atoms with van der Waals surface area (Å²) >= 11 is 0. The van der Waals surface area contributed by atoms with Gasteiger partial charge in [0.25, 0.3) is 0 Å². The summed E-state index contributed by atoms with van der Waals surface area (Å²) in [5, 5.41) is 24.2. The Kier molecular flexibility index (Phi) is 6.58. The number of nitrogens with zero attached hydrogens (tertiary/aromatic N) is 1. The van der Waals surface area contributed by atoms with Gasteiger partial charge < -0.3 is 15.2 Å². The van der Waals surface area contributed by atoms with Gasteiger partial charge in [0.1, 0.15) is 6.61 Å². The molecule has 0 saturated heterocycles. The Labute approximate surface area is 125 Å². The summed E-state index contributed by atoms with van der Waals surface area (Å²) in [6, 6.07) is 4.90.